The number of ether oxygens (including phenoxy) is 2. The fourth-order valence-corrected chi connectivity index (χ4v) is 1.15. The van der Waals surface area contributed by atoms with Crippen molar-refractivity contribution in [3.05, 3.63) is 23.5 Å². The van der Waals surface area contributed by atoms with Crippen LogP contribution < -0.4 is 10.5 Å². The molecule has 4 heteroatoms. The molecule has 2 N–H and O–H groups in total. The molecule has 1 unspecified atom stereocenters. The van der Waals surface area contributed by atoms with Crippen LogP contribution in [0.3, 0.4) is 0 Å². The third-order valence-electron chi connectivity index (χ3n) is 2.14. The quantitative estimate of drug-likeness (QED) is 0.795. The van der Waals surface area contributed by atoms with Gasteiger partial charge < -0.3 is 15.2 Å². The second kappa shape index (κ2) is 5.68. The number of nitrogens with zero attached hydrogens (tertiary/aromatic N) is 1. The number of methoxy groups -OCH3 is 1. The molecular weight excluding hydrogens is 192 g/mol. The van der Waals surface area contributed by atoms with Crippen LogP contribution in [0.2, 0.25) is 0 Å². The number of rotatable bonds is 5. The average molecular weight is 210 g/mol. The molecule has 0 aliphatic rings. The molecule has 1 rings (SSSR count). The van der Waals surface area contributed by atoms with E-state index in [0.29, 0.717) is 13.2 Å². The van der Waals surface area contributed by atoms with Gasteiger partial charge in [0.15, 0.2) is 0 Å². The summed E-state index contributed by atoms with van der Waals surface area (Å²) in [5.41, 5.74) is 7.32. The SMILES string of the molecule is COC(C)COc1ccc(C)nc1CN. The molecule has 84 valence electrons. The van der Waals surface area contributed by atoms with Gasteiger partial charge in [-0.15, -0.1) is 0 Å². The Hall–Kier alpha value is -1.13. The first kappa shape index (κ1) is 11.9. The Balaban J connectivity index is 2.67. The third-order valence-corrected chi connectivity index (χ3v) is 2.14. The zero-order chi connectivity index (χ0) is 11.3. The minimum absolute atomic E-state index is 0.0666. The summed E-state index contributed by atoms with van der Waals surface area (Å²) in [5.74, 6) is 0.743. The first-order chi connectivity index (χ1) is 7.17. The highest BCUT2D eigenvalue weighted by Crippen LogP contribution is 2.16. The second-order valence-electron chi connectivity index (χ2n) is 3.46. The van der Waals surface area contributed by atoms with Crippen molar-refractivity contribution >= 4 is 0 Å². The first-order valence-corrected chi connectivity index (χ1v) is 4.99. The summed E-state index contributed by atoms with van der Waals surface area (Å²) in [5, 5.41) is 0. The molecule has 0 saturated heterocycles. The Kier molecular flexibility index (Phi) is 4.52. The molecule has 1 aromatic heterocycles. The molecule has 0 saturated carbocycles. The molecule has 1 aromatic rings. The van der Waals surface area contributed by atoms with E-state index in [9.17, 15) is 0 Å². The fourth-order valence-electron chi connectivity index (χ4n) is 1.15. The van der Waals surface area contributed by atoms with E-state index in [4.69, 9.17) is 15.2 Å². The molecule has 0 bridgehead atoms. The van der Waals surface area contributed by atoms with Gasteiger partial charge in [-0.1, -0.05) is 0 Å². The summed E-state index contributed by atoms with van der Waals surface area (Å²) < 4.78 is 10.7. The van der Waals surface area contributed by atoms with E-state index in [0.717, 1.165) is 17.1 Å². The minimum atomic E-state index is 0.0666. The van der Waals surface area contributed by atoms with Crippen LogP contribution in [-0.4, -0.2) is 24.8 Å². The number of aryl methyl sites for hydroxylation is 1. The molecule has 0 aliphatic heterocycles. The van der Waals surface area contributed by atoms with Gasteiger partial charge in [-0.2, -0.15) is 0 Å². The topological polar surface area (TPSA) is 57.4 Å². The Morgan fingerprint density at radius 2 is 2.20 bits per heavy atom. The third kappa shape index (κ3) is 3.49. The van der Waals surface area contributed by atoms with E-state index in [-0.39, 0.29) is 6.10 Å². The molecule has 1 heterocycles. The lowest BCUT2D eigenvalue weighted by Gasteiger charge is -2.13. The predicted octanol–water partition coefficient (Wildman–Crippen LogP) is 1.26. The Bertz CT molecular complexity index is 315. The first-order valence-electron chi connectivity index (χ1n) is 4.99. The monoisotopic (exact) mass is 210 g/mol. The standard InChI is InChI=1S/C11H18N2O2/c1-8-4-5-11(10(6-12)13-8)15-7-9(2)14-3/h4-5,9H,6-7,12H2,1-3H3. The summed E-state index contributed by atoms with van der Waals surface area (Å²) in [4.78, 5) is 4.30. The van der Waals surface area contributed by atoms with Crippen LogP contribution in [0.25, 0.3) is 0 Å². The van der Waals surface area contributed by atoms with Gasteiger partial charge in [-0.3, -0.25) is 4.98 Å². The normalized spacial score (nSPS) is 12.5. The van der Waals surface area contributed by atoms with Crippen molar-refractivity contribution in [3.8, 4) is 5.75 Å². The van der Waals surface area contributed by atoms with Gasteiger partial charge in [0.05, 0.1) is 11.8 Å². The fraction of sp³-hybridized carbons (Fsp3) is 0.545. The number of hydrogen-bond donors (Lipinski definition) is 1. The van der Waals surface area contributed by atoms with Gasteiger partial charge in [-0.05, 0) is 26.0 Å². The smallest absolute Gasteiger partial charge is 0.142 e. The lowest BCUT2D eigenvalue weighted by Crippen LogP contribution is -2.17. The van der Waals surface area contributed by atoms with Gasteiger partial charge in [0.1, 0.15) is 12.4 Å². The summed E-state index contributed by atoms with van der Waals surface area (Å²) >= 11 is 0. The summed E-state index contributed by atoms with van der Waals surface area (Å²) in [6, 6.07) is 3.80. The maximum Gasteiger partial charge on any atom is 0.142 e. The molecule has 0 fully saturated rings. The van der Waals surface area contributed by atoms with Crippen molar-refractivity contribution in [1.29, 1.82) is 0 Å². The second-order valence-corrected chi connectivity index (χ2v) is 3.46. The summed E-state index contributed by atoms with van der Waals surface area (Å²) in [6.45, 7) is 4.77. The highest BCUT2D eigenvalue weighted by Gasteiger charge is 2.06. The molecule has 0 aliphatic carbocycles. The van der Waals surface area contributed by atoms with Crippen LogP contribution >= 0.6 is 0 Å². The highest BCUT2D eigenvalue weighted by atomic mass is 16.5. The van der Waals surface area contributed by atoms with E-state index >= 15 is 0 Å². The van der Waals surface area contributed by atoms with Crippen LogP contribution in [0.5, 0.6) is 5.75 Å². The lowest BCUT2D eigenvalue weighted by molar-refractivity contribution is 0.0711. The molecule has 15 heavy (non-hydrogen) atoms. The molecule has 0 aromatic carbocycles. The number of pyridine rings is 1. The van der Waals surface area contributed by atoms with Gasteiger partial charge in [0.25, 0.3) is 0 Å². The maximum atomic E-state index is 5.58. The van der Waals surface area contributed by atoms with E-state index in [1.807, 2.05) is 26.0 Å². The highest BCUT2D eigenvalue weighted by molar-refractivity contribution is 5.29. The molecule has 0 amide bonds. The van der Waals surface area contributed by atoms with Gasteiger partial charge >= 0.3 is 0 Å². The number of nitrogens with two attached hydrogens (primary N) is 1. The summed E-state index contributed by atoms with van der Waals surface area (Å²) in [6.07, 6.45) is 0.0666. The van der Waals surface area contributed by atoms with Crippen molar-refractivity contribution in [2.24, 2.45) is 5.73 Å². The van der Waals surface area contributed by atoms with Crippen LogP contribution in [-0.2, 0) is 11.3 Å². The Morgan fingerprint density at radius 1 is 1.47 bits per heavy atom. The van der Waals surface area contributed by atoms with Crippen molar-refractivity contribution < 1.29 is 9.47 Å². The molecule has 0 radical (unpaired) electrons. The molecule has 4 nitrogen and oxygen atoms in total. The summed E-state index contributed by atoms with van der Waals surface area (Å²) in [7, 11) is 1.66. The van der Waals surface area contributed by atoms with Crippen molar-refractivity contribution in [2.75, 3.05) is 13.7 Å². The zero-order valence-corrected chi connectivity index (χ0v) is 9.49. The van der Waals surface area contributed by atoms with Crippen LogP contribution in [0.1, 0.15) is 18.3 Å². The van der Waals surface area contributed by atoms with Gasteiger partial charge in [0.2, 0.25) is 0 Å². The maximum absolute atomic E-state index is 5.58. The average Bonchev–Trinajstić information content (AvgIpc) is 2.26. The Labute approximate surface area is 90.4 Å². The van der Waals surface area contributed by atoms with E-state index in [1.165, 1.54) is 0 Å². The lowest BCUT2D eigenvalue weighted by atomic mass is 10.3. The largest absolute Gasteiger partial charge is 0.489 e. The van der Waals surface area contributed by atoms with Crippen molar-refractivity contribution in [2.45, 2.75) is 26.5 Å². The van der Waals surface area contributed by atoms with Gasteiger partial charge in [-0.25, -0.2) is 0 Å². The van der Waals surface area contributed by atoms with E-state index < -0.39 is 0 Å². The predicted molar refractivity (Wildman–Crippen MR) is 58.8 cm³/mol. The number of hydrogen-bond acceptors (Lipinski definition) is 4. The van der Waals surface area contributed by atoms with Crippen LogP contribution in [0, 0.1) is 6.92 Å². The molecular formula is C11H18N2O2. The van der Waals surface area contributed by atoms with Gasteiger partial charge in [0, 0.05) is 19.3 Å². The van der Waals surface area contributed by atoms with Crippen molar-refractivity contribution in [1.82, 2.24) is 4.98 Å². The van der Waals surface area contributed by atoms with E-state index in [2.05, 4.69) is 4.98 Å². The van der Waals surface area contributed by atoms with Crippen LogP contribution in [0.4, 0.5) is 0 Å². The van der Waals surface area contributed by atoms with Crippen LogP contribution in [0.15, 0.2) is 12.1 Å². The van der Waals surface area contributed by atoms with Crippen molar-refractivity contribution in [3.63, 3.8) is 0 Å². The minimum Gasteiger partial charge on any atom is -0.489 e. The van der Waals surface area contributed by atoms with E-state index in [1.54, 1.807) is 7.11 Å². The zero-order valence-electron chi connectivity index (χ0n) is 9.49. The Morgan fingerprint density at radius 3 is 2.80 bits per heavy atom. The molecule has 1 atom stereocenters. The molecule has 0 spiro atoms. The number of aromatic nitrogens is 1.